The summed E-state index contributed by atoms with van der Waals surface area (Å²) >= 11 is 0. The van der Waals surface area contributed by atoms with E-state index in [0.717, 1.165) is 6.42 Å². The van der Waals surface area contributed by atoms with Gasteiger partial charge in [-0.25, -0.2) is 9.18 Å². The van der Waals surface area contributed by atoms with Gasteiger partial charge in [-0.3, -0.25) is 4.79 Å². The number of hydrogen-bond donors (Lipinski definition) is 3. The summed E-state index contributed by atoms with van der Waals surface area (Å²) in [5.74, 6) is -1.28. The number of nitrogens with zero attached hydrogens (tertiary/aromatic N) is 1. The van der Waals surface area contributed by atoms with Gasteiger partial charge in [0.2, 0.25) is 5.43 Å². The van der Waals surface area contributed by atoms with Crippen LogP contribution in [-0.4, -0.2) is 28.8 Å². The zero-order valence-electron chi connectivity index (χ0n) is 16.5. The Balaban J connectivity index is 1.79. The minimum absolute atomic E-state index is 0.137. The molecule has 1 aliphatic carbocycles. The van der Waals surface area contributed by atoms with Crippen LogP contribution in [0.15, 0.2) is 11.0 Å². The van der Waals surface area contributed by atoms with Crippen LogP contribution < -0.4 is 21.2 Å². The molecule has 1 aliphatic heterocycles. The highest BCUT2D eigenvalue weighted by Crippen LogP contribution is 2.43. The summed E-state index contributed by atoms with van der Waals surface area (Å²) in [5, 5.41) is 12.4. The summed E-state index contributed by atoms with van der Waals surface area (Å²) < 4.78 is 22.6. The second kappa shape index (κ2) is 7.57. The number of benzene rings is 1. The number of hydrogen-bond acceptors (Lipinski definition) is 5. The number of aromatic nitrogens is 1. The Morgan fingerprint density at radius 3 is 2.79 bits per heavy atom. The third-order valence-corrected chi connectivity index (χ3v) is 6.16. The van der Waals surface area contributed by atoms with Crippen molar-refractivity contribution < 1.29 is 19.0 Å². The van der Waals surface area contributed by atoms with Crippen LogP contribution in [-0.2, 0) is 0 Å². The number of nitrogens with two attached hydrogens (primary N) is 1. The van der Waals surface area contributed by atoms with Crippen molar-refractivity contribution in [2.24, 2.45) is 5.92 Å². The Labute approximate surface area is 167 Å². The van der Waals surface area contributed by atoms with Crippen molar-refractivity contribution in [3.8, 4) is 5.75 Å². The van der Waals surface area contributed by atoms with Gasteiger partial charge in [-0.1, -0.05) is 32.1 Å². The molecule has 4 N–H and O–H groups in total. The molecule has 0 saturated heterocycles. The molecule has 1 saturated carbocycles. The molecule has 0 spiro atoms. The smallest absolute Gasteiger partial charge is 0.341 e. The fourth-order valence-corrected chi connectivity index (χ4v) is 4.54. The monoisotopic (exact) mass is 403 g/mol. The van der Waals surface area contributed by atoms with Crippen molar-refractivity contribution in [1.82, 2.24) is 4.57 Å². The maximum Gasteiger partial charge on any atom is 0.341 e. The molecule has 0 radical (unpaired) electrons. The summed E-state index contributed by atoms with van der Waals surface area (Å²) in [6, 6.07) is -0.219. The van der Waals surface area contributed by atoms with Crippen LogP contribution in [0, 0.1) is 11.7 Å². The van der Waals surface area contributed by atoms with Crippen molar-refractivity contribution in [2.75, 3.05) is 24.2 Å². The van der Waals surface area contributed by atoms with E-state index in [0.29, 0.717) is 18.0 Å². The summed E-state index contributed by atoms with van der Waals surface area (Å²) in [5.41, 5.74) is 4.91. The summed E-state index contributed by atoms with van der Waals surface area (Å²) in [6.45, 7) is 2.66. The first kappa shape index (κ1) is 19.5. The molecule has 2 aromatic rings. The number of pyridine rings is 1. The van der Waals surface area contributed by atoms with Gasteiger partial charge in [-0.05, 0) is 19.3 Å². The van der Waals surface area contributed by atoms with Gasteiger partial charge in [0.15, 0.2) is 11.6 Å². The topological polar surface area (TPSA) is 107 Å². The molecule has 0 bridgehead atoms. The number of carboxylic acids is 1. The Kier molecular flexibility index (Phi) is 5.10. The Bertz CT molecular complexity index is 1030. The highest BCUT2D eigenvalue weighted by Gasteiger charge is 2.30. The largest absolute Gasteiger partial charge is 0.487 e. The second-order valence-electron chi connectivity index (χ2n) is 8.12. The van der Waals surface area contributed by atoms with Gasteiger partial charge >= 0.3 is 5.97 Å². The Morgan fingerprint density at radius 2 is 2.10 bits per heavy atom. The predicted molar refractivity (Wildman–Crippen MR) is 109 cm³/mol. The standard InChI is InChI=1S/C21H26FN3O4/c1-11-10-29-20-17(24-8-7-12-5-3-2-4-6-12)15(22)16(23)14-18(20)25(11)9-13(19(14)26)21(27)28/h9,11-12,24H,2-8,10,23H2,1H3,(H,27,28)/t11-/m0/s1. The van der Waals surface area contributed by atoms with Crippen LogP contribution in [0.2, 0.25) is 0 Å². The highest BCUT2D eigenvalue weighted by atomic mass is 19.1. The molecule has 0 unspecified atom stereocenters. The molecule has 0 amide bonds. The van der Waals surface area contributed by atoms with Crippen LogP contribution in [0.1, 0.15) is 61.8 Å². The number of carboxylic acid groups (broad SMARTS) is 1. The lowest BCUT2D eigenvalue weighted by Gasteiger charge is -2.29. The maximum absolute atomic E-state index is 15.1. The van der Waals surface area contributed by atoms with E-state index in [-0.39, 0.29) is 35.2 Å². The molecule has 1 atom stereocenters. The third kappa shape index (κ3) is 3.30. The van der Waals surface area contributed by atoms with Crippen LogP contribution in [0.5, 0.6) is 5.75 Å². The SMILES string of the molecule is C[C@H]1COc2c(NCCC3CCCCC3)c(F)c(N)c3c(=O)c(C(=O)O)cn1c23. The third-order valence-electron chi connectivity index (χ3n) is 6.16. The molecule has 29 heavy (non-hydrogen) atoms. The van der Waals surface area contributed by atoms with E-state index < -0.39 is 22.8 Å². The lowest BCUT2D eigenvalue weighted by atomic mass is 9.87. The molecule has 4 rings (SSSR count). The molecule has 2 heterocycles. The average Bonchev–Trinajstić information content (AvgIpc) is 2.71. The predicted octanol–water partition coefficient (Wildman–Crippen LogP) is 3.76. The number of halogens is 1. The normalized spacial score (nSPS) is 19.2. The van der Waals surface area contributed by atoms with E-state index >= 15 is 4.39 Å². The van der Waals surface area contributed by atoms with Crippen molar-refractivity contribution in [2.45, 2.75) is 51.5 Å². The minimum atomic E-state index is -1.37. The van der Waals surface area contributed by atoms with Gasteiger partial charge in [-0.15, -0.1) is 0 Å². The van der Waals surface area contributed by atoms with Gasteiger partial charge in [0, 0.05) is 12.7 Å². The van der Waals surface area contributed by atoms with E-state index in [4.69, 9.17) is 10.5 Å². The molecule has 1 aromatic carbocycles. The lowest BCUT2D eigenvalue weighted by Crippen LogP contribution is -2.28. The Morgan fingerprint density at radius 1 is 1.38 bits per heavy atom. The zero-order chi connectivity index (χ0) is 20.7. The van der Waals surface area contributed by atoms with E-state index in [1.165, 1.54) is 38.3 Å². The van der Waals surface area contributed by atoms with Gasteiger partial charge < -0.3 is 25.5 Å². The number of aromatic carboxylic acids is 1. The molecular weight excluding hydrogens is 377 g/mol. The first-order valence-electron chi connectivity index (χ1n) is 10.2. The summed E-state index contributed by atoms with van der Waals surface area (Å²) in [7, 11) is 0. The molecule has 7 nitrogen and oxygen atoms in total. The van der Waals surface area contributed by atoms with Gasteiger partial charge in [0.25, 0.3) is 0 Å². The zero-order valence-corrected chi connectivity index (χ0v) is 16.5. The number of ether oxygens (including phenoxy) is 1. The molecule has 8 heteroatoms. The molecule has 1 fully saturated rings. The number of rotatable bonds is 5. The number of anilines is 2. The fraction of sp³-hybridized carbons (Fsp3) is 0.524. The van der Waals surface area contributed by atoms with Crippen molar-refractivity contribution in [1.29, 1.82) is 0 Å². The molecule has 156 valence electrons. The van der Waals surface area contributed by atoms with Gasteiger partial charge in [0.05, 0.1) is 22.6 Å². The van der Waals surface area contributed by atoms with Crippen molar-refractivity contribution in [3.63, 3.8) is 0 Å². The fourth-order valence-electron chi connectivity index (χ4n) is 4.54. The van der Waals surface area contributed by atoms with Crippen molar-refractivity contribution >= 4 is 28.2 Å². The van der Waals surface area contributed by atoms with E-state index in [9.17, 15) is 14.7 Å². The minimum Gasteiger partial charge on any atom is -0.487 e. The molecular formula is C21H26FN3O4. The van der Waals surface area contributed by atoms with Gasteiger partial charge in [-0.2, -0.15) is 0 Å². The number of nitrogens with one attached hydrogen (secondary N) is 1. The van der Waals surface area contributed by atoms with Crippen LogP contribution in [0.25, 0.3) is 10.9 Å². The number of nitrogen functional groups attached to an aromatic ring is 1. The second-order valence-corrected chi connectivity index (χ2v) is 8.12. The van der Waals surface area contributed by atoms with E-state index in [1.54, 1.807) is 4.57 Å². The van der Waals surface area contributed by atoms with E-state index in [1.807, 2.05) is 6.92 Å². The van der Waals surface area contributed by atoms with E-state index in [2.05, 4.69) is 5.32 Å². The summed E-state index contributed by atoms with van der Waals surface area (Å²) in [4.78, 5) is 24.2. The summed E-state index contributed by atoms with van der Waals surface area (Å²) in [6.07, 6.45) is 8.39. The molecule has 2 aliphatic rings. The average molecular weight is 403 g/mol. The highest BCUT2D eigenvalue weighted by molar-refractivity contribution is 6.03. The lowest BCUT2D eigenvalue weighted by molar-refractivity contribution is 0.0694. The Hall–Kier alpha value is -2.77. The molecule has 1 aromatic heterocycles. The van der Waals surface area contributed by atoms with Crippen LogP contribution in [0.4, 0.5) is 15.8 Å². The first-order valence-corrected chi connectivity index (χ1v) is 10.2. The number of carbonyl (C=O) groups is 1. The van der Waals surface area contributed by atoms with Crippen molar-refractivity contribution in [3.05, 3.63) is 27.8 Å². The van der Waals surface area contributed by atoms with Gasteiger partial charge in [0.1, 0.15) is 17.9 Å². The van der Waals surface area contributed by atoms with Crippen LogP contribution >= 0.6 is 0 Å². The van der Waals surface area contributed by atoms with Crippen LogP contribution in [0.3, 0.4) is 0 Å². The first-order chi connectivity index (χ1) is 13.9. The maximum atomic E-state index is 15.1. The quantitative estimate of drug-likeness (QED) is 0.657.